The van der Waals surface area contributed by atoms with E-state index in [1.54, 1.807) is 17.0 Å². The Morgan fingerprint density at radius 2 is 1.78 bits per heavy atom. The first-order valence-electron chi connectivity index (χ1n) is 9.67. The molecular formula is C21H28N2O3S. The van der Waals surface area contributed by atoms with Crippen molar-refractivity contribution in [1.29, 1.82) is 0 Å². The van der Waals surface area contributed by atoms with Crippen LogP contribution >= 0.6 is 0 Å². The summed E-state index contributed by atoms with van der Waals surface area (Å²) in [5, 5.41) is 1.94. The summed E-state index contributed by atoms with van der Waals surface area (Å²) in [4.78, 5) is 14.7. The van der Waals surface area contributed by atoms with Crippen LogP contribution in [-0.2, 0) is 14.8 Å². The minimum Gasteiger partial charge on any atom is -0.346 e. The zero-order chi connectivity index (χ0) is 19.4. The number of hydrogen-bond acceptors (Lipinski definition) is 3. The Morgan fingerprint density at radius 3 is 2.44 bits per heavy atom. The second-order valence-electron chi connectivity index (χ2n) is 7.30. The number of amides is 1. The van der Waals surface area contributed by atoms with Gasteiger partial charge in [-0.05, 0) is 42.2 Å². The average molecular weight is 389 g/mol. The van der Waals surface area contributed by atoms with E-state index in [4.69, 9.17) is 0 Å². The Kier molecular flexibility index (Phi) is 6.17. The minimum atomic E-state index is -3.53. The number of piperidine rings is 1. The molecule has 1 heterocycles. The van der Waals surface area contributed by atoms with Crippen LogP contribution in [0.4, 0.5) is 0 Å². The fraction of sp³-hybridized carbons (Fsp3) is 0.476. The molecule has 6 heteroatoms. The van der Waals surface area contributed by atoms with E-state index in [9.17, 15) is 13.2 Å². The molecule has 0 aromatic heterocycles. The van der Waals surface area contributed by atoms with Crippen molar-refractivity contribution < 1.29 is 13.2 Å². The van der Waals surface area contributed by atoms with Gasteiger partial charge < -0.3 is 4.90 Å². The molecule has 27 heavy (non-hydrogen) atoms. The maximum atomic E-state index is 13.0. The van der Waals surface area contributed by atoms with Gasteiger partial charge in [0.1, 0.15) is 0 Å². The molecule has 146 valence electrons. The number of unbranched alkanes of at least 4 members (excludes halogenated alkanes) is 1. The lowest BCUT2D eigenvalue weighted by molar-refractivity contribution is -0.135. The molecule has 1 fully saturated rings. The van der Waals surface area contributed by atoms with Crippen molar-refractivity contribution in [1.82, 2.24) is 9.21 Å². The fourth-order valence-electron chi connectivity index (χ4n) is 3.64. The van der Waals surface area contributed by atoms with E-state index >= 15 is 0 Å². The van der Waals surface area contributed by atoms with E-state index in [0.29, 0.717) is 30.8 Å². The highest BCUT2D eigenvalue weighted by atomic mass is 32.2. The van der Waals surface area contributed by atoms with Gasteiger partial charge in [-0.2, -0.15) is 4.31 Å². The van der Waals surface area contributed by atoms with E-state index in [1.165, 1.54) is 4.31 Å². The van der Waals surface area contributed by atoms with Crippen molar-refractivity contribution >= 4 is 26.7 Å². The predicted molar refractivity (Wildman–Crippen MR) is 108 cm³/mol. The molecular weight excluding hydrogens is 360 g/mol. The summed E-state index contributed by atoms with van der Waals surface area (Å²) in [6.45, 7) is 3.67. The molecule has 3 rings (SSSR count). The Bertz CT molecular complexity index is 903. The second-order valence-corrected chi connectivity index (χ2v) is 9.24. The Labute approximate surface area is 162 Å². The Hall–Kier alpha value is -1.92. The van der Waals surface area contributed by atoms with Gasteiger partial charge in [-0.3, -0.25) is 4.79 Å². The summed E-state index contributed by atoms with van der Waals surface area (Å²) in [5.41, 5.74) is 0. The lowest BCUT2D eigenvalue weighted by Crippen LogP contribution is -2.43. The van der Waals surface area contributed by atoms with Gasteiger partial charge in [-0.15, -0.1) is 0 Å². The fourth-order valence-corrected chi connectivity index (χ4v) is 5.14. The molecule has 5 nitrogen and oxygen atoms in total. The number of nitrogens with zero attached hydrogens (tertiary/aromatic N) is 2. The monoisotopic (exact) mass is 388 g/mol. The van der Waals surface area contributed by atoms with Gasteiger partial charge in [0.05, 0.1) is 4.90 Å². The third-order valence-corrected chi connectivity index (χ3v) is 7.28. The number of fused-ring (bicyclic) bond motifs is 1. The van der Waals surface area contributed by atoms with Gasteiger partial charge in [0.15, 0.2) is 0 Å². The zero-order valence-electron chi connectivity index (χ0n) is 16.1. The maximum absolute atomic E-state index is 13.0. The predicted octanol–water partition coefficient (Wildman–Crippen LogP) is 3.50. The molecule has 2 aromatic rings. The van der Waals surface area contributed by atoms with Crippen molar-refractivity contribution in [3.8, 4) is 0 Å². The van der Waals surface area contributed by atoms with Gasteiger partial charge in [0, 0.05) is 32.6 Å². The molecule has 0 atom stereocenters. The van der Waals surface area contributed by atoms with Crippen LogP contribution in [0.2, 0.25) is 0 Å². The van der Waals surface area contributed by atoms with Gasteiger partial charge in [-0.1, -0.05) is 43.7 Å². The summed E-state index contributed by atoms with van der Waals surface area (Å²) in [6, 6.07) is 13.0. The molecule has 0 unspecified atom stereocenters. The first-order valence-corrected chi connectivity index (χ1v) is 11.1. The van der Waals surface area contributed by atoms with Crippen molar-refractivity contribution in [2.45, 2.75) is 37.5 Å². The number of carbonyl (C=O) groups excluding carboxylic acids is 1. The zero-order valence-corrected chi connectivity index (χ0v) is 16.9. The van der Waals surface area contributed by atoms with Crippen LogP contribution in [0.25, 0.3) is 10.8 Å². The van der Waals surface area contributed by atoms with Gasteiger partial charge in [0.25, 0.3) is 0 Å². The lowest BCUT2D eigenvalue weighted by atomic mass is 9.96. The van der Waals surface area contributed by atoms with E-state index < -0.39 is 10.0 Å². The maximum Gasteiger partial charge on any atom is 0.243 e. The quantitative estimate of drug-likeness (QED) is 0.761. The normalized spacial score (nSPS) is 16.5. The summed E-state index contributed by atoms with van der Waals surface area (Å²) >= 11 is 0. The lowest BCUT2D eigenvalue weighted by Gasteiger charge is -2.32. The Morgan fingerprint density at radius 1 is 1.11 bits per heavy atom. The Balaban J connectivity index is 1.68. The largest absolute Gasteiger partial charge is 0.346 e. The first-order chi connectivity index (χ1) is 12.9. The van der Waals surface area contributed by atoms with Crippen molar-refractivity contribution in [3.05, 3.63) is 42.5 Å². The summed E-state index contributed by atoms with van der Waals surface area (Å²) in [6.07, 6.45) is 3.22. The van der Waals surface area contributed by atoms with E-state index in [0.717, 1.165) is 30.2 Å². The van der Waals surface area contributed by atoms with Gasteiger partial charge in [0.2, 0.25) is 15.9 Å². The SMILES string of the molecule is CCCCN(C)C(=O)C1CCN(S(=O)(=O)c2ccc3ccccc3c2)CC1. The van der Waals surface area contributed by atoms with Crippen molar-refractivity contribution in [2.75, 3.05) is 26.7 Å². The standard InChI is InChI=1S/C21H28N2O3S/c1-3-4-13-22(2)21(24)18-11-14-23(15-12-18)27(25,26)20-10-9-17-7-5-6-8-19(17)16-20/h5-10,16,18H,3-4,11-15H2,1-2H3. The molecule has 0 N–H and O–H groups in total. The van der Waals surface area contributed by atoms with E-state index in [2.05, 4.69) is 6.92 Å². The molecule has 0 saturated carbocycles. The van der Waals surface area contributed by atoms with Crippen LogP contribution in [-0.4, -0.2) is 50.2 Å². The number of hydrogen-bond donors (Lipinski definition) is 0. The topological polar surface area (TPSA) is 57.7 Å². The molecule has 0 radical (unpaired) electrons. The highest BCUT2D eigenvalue weighted by Crippen LogP contribution is 2.27. The molecule has 1 aliphatic rings. The second kappa shape index (κ2) is 8.40. The van der Waals surface area contributed by atoms with Crippen molar-refractivity contribution in [3.63, 3.8) is 0 Å². The van der Waals surface area contributed by atoms with E-state index in [-0.39, 0.29) is 11.8 Å². The summed E-state index contributed by atoms with van der Waals surface area (Å²) in [7, 11) is -1.69. The van der Waals surface area contributed by atoms with Gasteiger partial charge in [-0.25, -0.2) is 8.42 Å². The molecule has 0 bridgehead atoms. The summed E-state index contributed by atoms with van der Waals surface area (Å²) in [5.74, 6) is 0.0705. The number of sulfonamides is 1. The average Bonchev–Trinajstić information content (AvgIpc) is 2.71. The van der Waals surface area contributed by atoms with E-state index in [1.807, 2.05) is 37.4 Å². The molecule has 0 spiro atoms. The van der Waals surface area contributed by atoms with Gasteiger partial charge >= 0.3 is 0 Å². The number of benzene rings is 2. The molecule has 1 aliphatic heterocycles. The minimum absolute atomic E-state index is 0.0742. The third kappa shape index (κ3) is 4.33. The third-order valence-electron chi connectivity index (χ3n) is 5.39. The molecule has 1 saturated heterocycles. The first kappa shape index (κ1) is 19.8. The number of carbonyl (C=O) groups is 1. The van der Waals surface area contributed by atoms with Crippen LogP contribution in [0.1, 0.15) is 32.6 Å². The van der Waals surface area contributed by atoms with Crippen LogP contribution in [0.5, 0.6) is 0 Å². The molecule has 0 aliphatic carbocycles. The smallest absolute Gasteiger partial charge is 0.243 e. The van der Waals surface area contributed by atoms with Crippen LogP contribution in [0, 0.1) is 5.92 Å². The highest BCUT2D eigenvalue weighted by molar-refractivity contribution is 7.89. The molecule has 1 amide bonds. The van der Waals surface area contributed by atoms with Crippen LogP contribution in [0.3, 0.4) is 0 Å². The van der Waals surface area contributed by atoms with Crippen LogP contribution < -0.4 is 0 Å². The molecule has 2 aromatic carbocycles. The van der Waals surface area contributed by atoms with Crippen LogP contribution in [0.15, 0.2) is 47.4 Å². The highest BCUT2D eigenvalue weighted by Gasteiger charge is 2.33. The number of rotatable bonds is 6. The summed E-state index contributed by atoms with van der Waals surface area (Å²) < 4.78 is 27.5. The van der Waals surface area contributed by atoms with Crippen molar-refractivity contribution in [2.24, 2.45) is 5.92 Å².